The zero-order valence-electron chi connectivity index (χ0n) is 13.1. The van der Waals surface area contributed by atoms with Crippen molar-refractivity contribution in [2.75, 3.05) is 18.4 Å². The molecule has 1 saturated carbocycles. The number of rotatable bonds is 3. The lowest BCUT2D eigenvalue weighted by Crippen LogP contribution is -2.28. The molecule has 2 aromatic heterocycles. The van der Waals surface area contributed by atoms with Crippen molar-refractivity contribution in [1.82, 2.24) is 15.3 Å². The van der Waals surface area contributed by atoms with Gasteiger partial charge in [-0.15, -0.1) is 0 Å². The van der Waals surface area contributed by atoms with Gasteiger partial charge in [0.2, 0.25) is 0 Å². The maximum atomic E-state index is 13.4. The minimum Gasteiger partial charge on any atom is -0.381 e. The zero-order chi connectivity index (χ0) is 16.7. The normalized spacial score (nSPS) is 19.2. The van der Waals surface area contributed by atoms with Crippen LogP contribution in [-0.2, 0) is 6.18 Å². The molecule has 24 heavy (non-hydrogen) atoms. The van der Waals surface area contributed by atoms with Crippen LogP contribution in [-0.4, -0.2) is 29.1 Å². The Morgan fingerprint density at radius 1 is 1.25 bits per heavy atom. The Kier molecular flexibility index (Phi) is 3.75. The van der Waals surface area contributed by atoms with Crippen LogP contribution in [0.4, 0.5) is 18.9 Å². The van der Waals surface area contributed by atoms with Gasteiger partial charge in [-0.2, -0.15) is 13.2 Å². The molecule has 0 radical (unpaired) electrons. The number of fused-ring (bicyclic) bond motifs is 1. The Morgan fingerprint density at radius 2 is 2.08 bits per heavy atom. The van der Waals surface area contributed by atoms with Crippen LogP contribution in [0.15, 0.2) is 18.3 Å². The highest BCUT2D eigenvalue weighted by molar-refractivity contribution is 5.94. The molecule has 1 fully saturated rings. The van der Waals surface area contributed by atoms with Crippen LogP contribution in [0.2, 0.25) is 0 Å². The summed E-state index contributed by atoms with van der Waals surface area (Å²) in [5, 5.41) is 6.88. The number of pyridine rings is 1. The number of aromatic amines is 1. The quantitative estimate of drug-likeness (QED) is 0.796. The molecule has 0 atom stereocenters. The van der Waals surface area contributed by atoms with Crippen molar-refractivity contribution < 1.29 is 13.2 Å². The van der Waals surface area contributed by atoms with E-state index >= 15 is 0 Å². The van der Waals surface area contributed by atoms with Gasteiger partial charge in [-0.25, -0.2) is 4.98 Å². The third kappa shape index (κ3) is 2.77. The second-order valence-corrected chi connectivity index (χ2v) is 6.46. The van der Waals surface area contributed by atoms with Crippen LogP contribution in [0.25, 0.3) is 16.6 Å². The Hall–Kier alpha value is -2.02. The molecule has 4 rings (SSSR count). The molecular formula is C17H19F3N4. The summed E-state index contributed by atoms with van der Waals surface area (Å²) in [6.07, 6.45) is 2.42. The average Bonchev–Trinajstić information content (AvgIpc) is 2.95. The number of nitrogens with zero attached hydrogens (tertiary/aromatic N) is 1. The maximum Gasteiger partial charge on any atom is 0.419 e. The lowest BCUT2D eigenvalue weighted by molar-refractivity contribution is -0.137. The van der Waals surface area contributed by atoms with Gasteiger partial charge in [0.1, 0.15) is 5.65 Å². The molecule has 128 valence electrons. The molecule has 0 saturated heterocycles. The Bertz CT molecular complexity index is 787. The molecule has 2 aliphatic rings. The van der Waals surface area contributed by atoms with Crippen molar-refractivity contribution in [3.63, 3.8) is 0 Å². The standard InChI is InChI=1S/C17H19F3N4/c18-17(19,20)13-9-22-16-12(15(13)23-11-4-1-5-11)7-14(24-16)10-3-2-6-21-8-10/h3,7,9,11,21H,1-2,4-6,8H2,(H2,22,23,24). The molecule has 3 heterocycles. The first-order valence-corrected chi connectivity index (χ1v) is 8.28. The molecule has 0 unspecified atom stereocenters. The molecule has 1 aliphatic carbocycles. The van der Waals surface area contributed by atoms with Gasteiger partial charge in [-0.1, -0.05) is 6.08 Å². The molecule has 4 nitrogen and oxygen atoms in total. The van der Waals surface area contributed by atoms with E-state index in [9.17, 15) is 13.2 Å². The SMILES string of the molecule is FC(F)(F)c1cnc2[nH]c(C3=CCCNC3)cc2c1NC1CCC1. The van der Waals surface area contributed by atoms with Gasteiger partial charge in [-0.05, 0) is 43.9 Å². The predicted octanol–water partition coefficient (Wildman–Crippen LogP) is 3.92. The molecule has 7 heteroatoms. The van der Waals surface area contributed by atoms with Crippen LogP contribution in [0.3, 0.4) is 0 Å². The summed E-state index contributed by atoms with van der Waals surface area (Å²) in [6.45, 7) is 1.64. The lowest BCUT2D eigenvalue weighted by Gasteiger charge is -2.29. The maximum absolute atomic E-state index is 13.4. The van der Waals surface area contributed by atoms with Crippen LogP contribution < -0.4 is 10.6 Å². The fourth-order valence-electron chi connectivity index (χ4n) is 3.22. The van der Waals surface area contributed by atoms with Gasteiger partial charge >= 0.3 is 6.18 Å². The number of hydrogen-bond acceptors (Lipinski definition) is 3. The summed E-state index contributed by atoms with van der Waals surface area (Å²) in [4.78, 5) is 7.18. The average molecular weight is 336 g/mol. The van der Waals surface area contributed by atoms with Gasteiger partial charge < -0.3 is 15.6 Å². The highest BCUT2D eigenvalue weighted by Crippen LogP contribution is 2.40. The number of hydrogen-bond donors (Lipinski definition) is 3. The van der Waals surface area contributed by atoms with Crippen molar-refractivity contribution in [3.05, 3.63) is 29.6 Å². The highest BCUT2D eigenvalue weighted by Gasteiger charge is 2.36. The second-order valence-electron chi connectivity index (χ2n) is 6.46. The van der Waals surface area contributed by atoms with E-state index in [-0.39, 0.29) is 11.7 Å². The predicted molar refractivity (Wildman–Crippen MR) is 87.8 cm³/mol. The fraction of sp³-hybridized carbons (Fsp3) is 0.471. The van der Waals surface area contributed by atoms with Crippen LogP contribution in [0.5, 0.6) is 0 Å². The van der Waals surface area contributed by atoms with Gasteiger partial charge in [0.15, 0.2) is 0 Å². The van der Waals surface area contributed by atoms with Crippen LogP contribution >= 0.6 is 0 Å². The van der Waals surface area contributed by atoms with Crippen molar-refractivity contribution >= 4 is 22.3 Å². The number of nitrogens with one attached hydrogen (secondary N) is 3. The summed E-state index contributed by atoms with van der Waals surface area (Å²) in [6, 6.07) is 1.91. The number of anilines is 1. The van der Waals surface area contributed by atoms with E-state index in [0.29, 0.717) is 17.6 Å². The highest BCUT2D eigenvalue weighted by atomic mass is 19.4. The Balaban J connectivity index is 1.82. The van der Waals surface area contributed by atoms with Crippen LogP contribution in [0.1, 0.15) is 36.9 Å². The molecular weight excluding hydrogens is 317 g/mol. The molecule has 0 aromatic carbocycles. The third-order valence-electron chi connectivity index (χ3n) is 4.79. The van der Waals surface area contributed by atoms with Crippen molar-refractivity contribution in [2.45, 2.75) is 37.9 Å². The van der Waals surface area contributed by atoms with Crippen molar-refractivity contribution in [2.24, 2.45) is 0 Å². The van der Waals surface area contributed by atoms with E-state index in [1.165, 1.54) is 0 Å². The first kappa shape index (κ1) is 15.5. The number of aromatic nitrogens is 2. The van der Waals surface area contributed by atoms with E-state index in [4.69, 9.17) is 0 Å². The van der Waals surface area contributed by atoms with Gasteiger partial charge in [0.25, 0.3) is 0 Å². The largest absolute Gasteiger partial charge is 0.419 e. The molecule has 0 amide bonds. The van der Waals surface area contributed by atoms with Gasteiger partial charge in [0.05, 0.1) is 11.3 Å². The Labute approximate surface area is 137 Å². The summed E-state index contributed by atoms with van der Waals surface area (Å²) in [5.74, 6) is 0. The Morgan fingerprint density at radius 3 is 2.71 bits per heavy atom. The van der Waals surface area contributed by atoms with Gasteiger partial charge in [-0.3, -0.25) is 0 Å². The third-order valence-corrected chi connectivity index (χ3v) is 4.79. The minimum absolute atomic E-state index is 0.116. The fourth-order valence-corrected chi connectivity index (χ4v) is 3.22. The topological polar surface area (TPSA) is 52.7 Å². The summed E-state index contributed by atoms with van der Waals surface area (Å²) >= 11 is 0. The first-order valence-electron chi connectivity index (χ1n) is 8.28. The lowest BCUT2D eigenvalue weighted by atomic mass is 9.92. The van der Waals surface area contributed by atoms with E-state index in [1.807, 2.05) is 0 Å². The van der Waals surface area contributed by atoms with Crippen molar-refractivity contribution in [3.8, 4) is 0 Å². The van der Waals surface area contributed by atoms with Crippen molar-refractivity contribution in [1.29, 1.82) is 0 Å². The number of alkyl halides is 3. The molecule has 2 aromatic rings. The molecule has 1 aliphatic heterocycles. The van der Waals surface area contributed by atoms with E-state index in [2.05, 4.69) is 26.7 Å². The monoisotopic (exact) mass is 336 g/mol. The molecule has 0 spiro atoms. The molecule has 3 N–H and O–H groups in total. The first-order chi connectivity index (χ1) is 11.5. The number of H-pyrrole nitrogens is 1. The van der Waals surface area contributed by atoms with E-state index in [1.54, 1.807) is 6.07 Å². The summed E-state index contributed by atoms with van der Waals surface area (Å²) in [5.41, 5.74) is 1.86. The zero-order valence-corrected chi connectivity index (χ0v) is 13.1. The second kappa shape index (κ2) is 5.81. The number of halogens is 3. The minimum atomic E-state index is -4.42. The van der Waals surface area contributed by atoms with Gasteiger partial charge in [0, 0.05) is 29.9 Å². The van der Waals surface area contributed by atoms with Crippen LogP contribution in [0, 0.1) is 0 Å². The van der Waals surface area contributed by atoms with E-state index in [0.717, 1.165) is 49.7 Å². The van der Waals surface area contributed by atoms with E-state index < -0.39 is 11.7 Å². The summed E-state index contributed by atoms with van der Waals surface area (Å²) in [7, 11) is 0. The smallest absolute Gasteiger partial charge is 0.381 e. The summed E-state index contributed by atoms with van der Waals surface area (Å²) < 4.78 is 40.2. The molecule has 0 bridgehead atoms.